The number of para-hydroxylation sites is 1. The van der Waals surface area contributed by atoms with Crippen LogP contribution in [0.25, 0.3) is 0 Å². The summed E-state index contributed by atoms with van der Waals surface area (Å²) in [6.07, 6.45) is 1.61. The zero-order valence-electron chi connectivity index (χ0n) is 9.99. The summed E-state index contributed by atoms with van der Waals surface area (Å²) < 4.78 is 5.68. The van der Waals surface area contributed by atoms with Gasteiger partial charge in [0.2, 0.25) is 0 Å². The highest BCUT2D eigenvalue weighted by atomic mass is 16.5. The highest BCUT2D eigenvalue weighted by Crippen LogP contribution is 2.19. The van der Waals surface area contributed by atoms with Crippen molar-refractivity contribution in [2.75, 3.05) is 6.61 Å². The average Bonchev–Trinajstić information content (AvgIpc) is 2.26. The van der Waals surface area contributed by atoms with E-state index in [0.717, 1.165) is 18.6 Å². The second kappa shape index (κ2) is 6.92. The summed E-state index contributed by atoms with van der Waals surface area (Å²) >= 11 is 0. The Labute approximate surface area is 97.8 Å². The molecule has 0 spiro atoms. The van der Waals surface area contributed by atoms with Gasteiger partial charge in [-0.1, -0.05) is 18.2 Å². The Morgan fingerprint density at radius 1 is 1.38 bits per heavy atom. The van der Waals surface area contributed by atoms with Gasteiger partial charge in [-0.15, -0.1) is 11.8 Å². The normalized spacial score (nSPS) is 11.4. The van der Waals surface area contributed by atoms with Gasteiger partial charge in [0.15, 0.2) is 0 Å². The van der Waals surface area contributed by atoms with Crippen LogP contribution in [-0.2, 0) is 6.42 Å². The Balaban J connectivity index is 2.58. The molecular weight excluding hydrogens is 198 g/mol. The minimum atomic E-state index is 0.153. The quantitative estimate of drug-likeness (QED) is 0.607. The summed E-state index contributed by atoms with van der Waals surface area (Å²) in [6.45, 7) is 4.47. The van der Waals surface area contributed by atoms with Crippen LogP contribution in [0.2, 0.25) is 0 Å². The van der Waals surface area contributed by atoms with E-state index >= 15 is 0 Å². The zero-order valence-corrected chi connectivity index (χ0v) is 9.99. The summed E-state index contributed by atoms with van der Waals surface area (Å²) in [5.41, 5.74) is 6.96. The van der Waals surface area contributed by atoms with Crippen molar-refractivity contribution >= 4 is 0 Å². The molecule has 0 aliphatic carbocycles. The number of nitrogens with two attached hydrogens (primary N) is 1. The molecule has 0 radical (unpaired) electrons. The van der Waals surface area contributed by atoms with E-state index in [9.17, 15) is 0 Å². The number of hydrogen-bond donors (Lipinski definition) is 1. The molecule has 1 aromatic rings. The molecule has 1 atom stereocenters. The molecule has 86 valence electrons. The molecule has 0 aliphatic heterocycles. The maximum absolute atomic E-state index is 5.79. The Hall–Kier alpha value is -1.46. The van der Waals surface area contributed by atoms with Gasteiger partial charge in [0.05, 0.1) is 6.61 Å². The van der Waals surface area contributed by atoms with Gasteiger partial charge in [-0.3, -0.25) is 0 Å². The topological polar surface area (TPSA) is 35.2 Å². The molecule has 1 rings (SSSR count). The molecule has 0 heterocycles. The zero-order chi connectivity index (χ0) is 11.8. The second-order valence-corrected chi connectivity index (χ2v) is 3.81. The van der Waals surface area contributed by atoms with Crippen molar-refractivity contribution in [2.45, 2.75) is 32.7 Å². The molecule has 0 saturated carbocycles. The first-order chi connectivity index (χ1) is 7.74. The second-order valence-electron chi connectivity index (χ2n) is 3.81. The molecule has 0 bridgehead atoms. The molecule has 1 unspecified atom stereocenters. The van der Waals surface area contributed by atoms with Crippen LogP contribution < -0.4 is 10.5 Å². The van der Waals surface area contributed by atoms with Crippen molar-refractivity contribution in [1.29, 1.82) is 0 Å². The number of hydrogen-bond acceptors (Lipinski definition) is 2. The molecule has 0 amide bonds. The van der Waals surface area contributed by atoms with Crippen LogP contribution >= 0.6 is 0 Å². The summed E-state index contributed by atoms with van der Waals surface area (Å²) in [7, 11) is 0. The molecule has 0 aliphatic rings. The molecule has 0 fully saturated rings. The smallest absolute Gasteiger partial charge is 0.122 e. The Morgan fingerprint density at radius 2 is 2.12 bits per heavy atom. The molecule has 16 heavy (non-hydrogen) atoms. The summed E-state index contributed by atoms with van der Waals surface area (Å²) in [6, 6.07) is 8.18. The van der Waals surface area contributed by atoms with E-state index in [1.54, 1.807) is 0 Å². The van der Waals surface area contributed by atoms with Crippen molar-refractivity contribution in [2.24, 2.45) is 5.73 Å². The van der Waals surface area contributed by atoms with Crippen molar-refractivity contribution in [3.63, 3.8) is 0 Å². The summed E-state index contributed by atoms with van der Waals surface area (Å²) in [4.78, 5) is 0. The highest BCUT2D eigenvalue weighted by molar-refractivity contribution is 5.33. The third kappa shape index (κ3) is 4.37. The fourth-order valence-corrected chi connectivity index (χ4v) is 1.50. The fourth-order valence-electron chi connectivity index (χ4n) is 1.50. The van der Waals surface area contributed by atoms with E-state index in [4.69, 9.17) is 10.5 Å². The maximum atomic E-state index is 5.79. The van der Waals surface area contributed by atoms with Crippen LogP contribution in [0.15, 0.2) is 24.3 Å². The van der Waals surface area contributed by atoms with Gasteiger partial charge < -0.3 is 10.5 Å². The first-order valence-corrected chi connectivity index (χ1v) is 5.60. The van der Waals surface area contributed by atoms with Gasteiger partial charge in [0.1, 0.15) is 5.75 Å². The molecular formula is C14H19NO. The largest absolute Gasteiger partial charge is 0.492 e. The van der Waals surface area contributed by atoms with Crippen LogP contribution in [0.1, 0.15) is 25.8 Å². The van der Waals surface area contributed by atoms with Crippen molar-refractivity contribution in [3.05, 3.63) is 29.8 Å². The lowest BCUT2D eigenvalue weighted by Crippen LogP contribution is -2.18. The lowest BCUT2D eigenvalue weighted by Gasteiger charge is -2.12. The maximum Gasteiger partial charge on any atom is 0.122 e. The van der Waals surface area contributed by atoms with Crippen LogP contribution in [0.3, 0.4) is 0 Å². The van der Waals surface area contributed by atoms with Gasteiger partial charge in [-0.2, -0.15) is 0 Å². The summed E-state index contributed by atoms with van der Waals surface area (Å²) in [5, 5.41) is 0. The molecule has 0 aromatic heterocycles. The van der Waals surface area contributed by atoms with E-state index in [2.05, 4.69) is 17.9 Å². The minimum absolute atomic E-state index is 0.153. The predicted molar refractivity (Wildman–Crippen MR) is 67.4 cm³/mol. The third-order valence-corrected chi connectivity index (χ3v) is 2.18. The van der Waals surface area contributed by atoms with Gasteiger partial charge in [-0.05, 0) is 31.9 Å². The minimum Gasteiger partial charge on any atom is -0.492 e. The van der Waals surface area contributed by atoms with Crippen LogP contribution in [0, 0.1) is 11.8 Å². The van der Waals surface area contributed by atoms with Crippen molar-refractivity contribution < 1.29 is 4.74 Å². The lowest BCUT2D eigenvalue weighted by atomic mass is 10.1. The van der Waals surface area contributed by atoms with E-state index in [-0.39, 0.29) is 6.04 Å². The van der Waals surface area contributed by atoms with Gasteiger partial charge >= 0.3 is 0 Å². The predicted octanol–water partition coefficient (Wildman–Crippen LogP) is 2.37. The van der Waals surface area contributed by atoms with E-state index in [1.807, 2.05) is 32.0 Å². The third-order valence-electron chi connectivity index (χ3n) is 2.18. The molecule has 1 aromatic carbocycles. The monoisotopic (exact) mass is 217 g/mol. The SMILES string of the molecule is CC#CCCOc1ccccc1CC(C)N. The van der Waals surface area contributed by atoms with E-state index < -0.39 is 0 Å². The number of benzene rings is 1. The molecule has 2 nitrogen and oxygen atoms in total. The Kier molecular flexibility index (Phi) is 5.45. The van der Waals surface area contributed by atoms with Crippen LogP contribution in [0.4, 0.5) is 0 Å². The van der Waals surface area contributed by atoms with E-state index in [0.29, 0.717) is 6.61 Å². The number of ether oxygens (including phenoxy) is 1. The first-order valence-electron chi connectivity index (χ1n) is 5.60. The first kappa shape index (κ1) is 12.6. The van der Waals surface area contributed by atoms with Crippen molar-refractivity contribution in [1.82, 2.24) is 0 Å². The highest BCUT2D eigenvalue weighted by Gasteiger charge is 2.04. The standard InChI is InChI=1S/C14H19NO/c1-3-4-7-10-16-14-9-6-5-8-13(14)11-12(2)15/h5-6,8-9,12H,7,10-11,15H2,1-2H3. The lowest BCUT2D eigenvalue weighted by molar-refractivity contribution is 0.323. The van der Waals surface area contributed by atoms with Gasteiger partial charge in [-0.25, -0.2) is 0 Å². The van der Waals surface area contributed by atoms with E-state index in [1.165, 1.54) is 5.56 Å². The Morgan fingerprint density at radius 3 is 2.81 bits per heavy atom. The average molecular weight is 217 g/mol. The molecule has 0 saturated heterocycles. The Bertz CT molecular complexity index is 374. The van der Waals surface area contributed by atoms with Crippen LogP contribution in [0.5, 0.6) is 5.75 Å². The van der Waals surface area contributed by atoms with Crippen LogP contribution in [-0.4, -0.2) is 12.6 Å². The number of rotatable bonds is 5. The molecule has 2 N–H and O–H groups in total. The van der Waals surface area contributed by atoms with Gasteiger partial charge in [0, 0.05) is 12.5 Å². The summed E-state index contributed by atoms with van der Waals surface area (Å²) in [5.74, 6) is 6.76. The fraction of sp³-hybridized carbons (Fsp3) is 0.429. The van der Waals surface area contributed by atoms with Gasteiger partial charge in [0.25, 0.3) is 0 Å². The van der Waals surface area contributed by atoms with Crippen molar-refractivity contribution in [3.8, 4) is 17.6 Å². The molecule has 2 heteroatoms.